The first-order valence-corrected chi connectivity index (χ1v) is 13.2. The Labute approximate surface area is 196 Å². The van der Waals surface area contributed by atoms with Gasteiger partial charge >= 0.3 is 6.09 Å². The van der Waals surface area contributed by atoms with Crippen molar-refractivity contribution in [2.45, 2.75) is 38.5 Å². The van der Waals surface area contributed by atoms with E-state index in [4.69, 9.17) is 4.74 Å². The molecule has 0 spiro atoms. The van der Waals surface area contributed by atoms with E-state index < -0.39 is 10.0 Å². The van der Waals surface area contributed by atoms with Crippen LogP contribution < -0.4 is 0 Å². The molecule has 0 bridgehead atoms. The number of fused-ring (bicyclic) bond motifs is 1. The van der Waals surface area contributed by atoms with E-state index in [1.165, 1.54) is 0 Å². The number of piperidine rings is 1. The second kappa shape index (κ2) is 9.46. The Hall–Kier alpha value is -2.39. The monoisotopic (exact) mass is 475 g/mol. The van der Waals surface area contributed by atoms with E-state index in [1.54, 1.807) is 33.2 Å². The molecule has 8 nitrogen and oxygen atoms in total. The van der Waals surface area contributed by atoms with Crippen LogP contribution in [0.5, 0.6) is 0 Å². The first-order chi connectivity index (χ1) is 15.7. The predicted molar refractivity (Wildman–Crippen MR) is 125 cm³/mol. The molecule has 2 amide bonds. The molecule has 0 aromatic heterocycles. The molecule has 2 atom stereocenters. The van der Waals surface area contributed by atoms with E-state index >= 15 is 0 Å². The Morgan fingerprint density at radius 3 is 2.30 bits per heavy atom. The molecular formula is C24H33N3O5S. The van der Waals surface area contributed by atoms with Crippen LogP contribution in [-0.4, -0.2) is 80.4 Å². The Morgan fingerprint density at radius 2 is 1.67 bits per heavy atom. The van der Waals surface area contributed by atoms with Crippen molar-refractivity contribution in [3.8, 4) is 0 Å². The van der Waals surface area contributed by atoms with Gasteiger partial charge in [-0.1, -0.05) is 19.9 Å². The molecular weight excluding hydrogens is 442 g/mol. The van der Waals surface area contributed by atoms with Crippen molar-refractivity contribution in [2.75, 3.05) is 45.9 Å². The van der Waals surface area contributed by atoms with Gasteiger partial charge in [0.15, 0.2) is 0 Å². The SMILES string of the molecule is CCOC(=O)N1CCN(C(=O)C2=Cc3cc(S(=O)(=O)N4CC(C)CC(C)C4)ccc3C2)CC1. The number of carbonyl (C=O) groups excluding carboxylic acids is 2. The predicted octanol–water partition coefficient (Wildman–Crippen LogP) is 2.59. The van der Waals surface area contributed by atoms with Crippen molar-refractivity contribution >= 4 is 28.1 Å². The highest BCUT2D eigenvalue weighted by Gasteiger charge is 2.33. The number of hydrogen-bond acceptors (Lipinski definition) is 5. The summed E-state index contributed by atoms with van der Waals surface area (Å²) >= 11 is 0. The molecule has 1 aliphatic carbocycles. The zero-order valence-corrected chi connectivity index (χ0v) is 20.4. The molecule has 3 aliphatic rings. The fraction of sp³-hybridized carbons (Fsp3) is 0.583. The van der Waals surface area contributed by atoms with Crippen LogP contribution >= 0.6 is 0 Å². The highest BCUT2D eigenvalue weighted by Crippen LogP contribution is 2.31. The van der Waals surface area contributed by atoms with Crippen LogP contribution in [0.3, 0.4) is 0 Å². The van der Waals surface area contributed by atoms with Gasteiger partial charge in [-0.2, -0.15) is 4.31 Å². The topological polar surface area (TPSA) is 87.2 Å². The third-order valence-electron chi connectivity index (χ3n) is 6.67. The maximum atomic E-state index is 13.3. The lowest BCUT2D eigenvalue weighted by Crippen LogP contribution is -2.51. The standard InChI is InChI=1S/C24H33N3O5S/c1-4-32-24(29)26-9-7-25(8-10-26)23(28)21-12-19-5-6-22(14-20(19)13-21)33(30,31)27-15-17(2)11-18(3)16-27/h5-6,13-14,17-18H,4,7-12,15-16H2,1-3H3. The van der Waals surface area contributed by atoms with Gasteiger partial charge in [0, 0.05) is 51.3 Å². The fourth-order valence-corrected chi connectivity index (χ4v) is 6.79. The van der Waals surface area contributed by atoms with Gasteiger partial charge in [0.05, 0.1) is 11.5 Å². The van der Waals surface area contributed by atoms with Crippen LogP contribution in [0.1, 0.15) is 38.3 Å². The molecule has 9 heteroatoms. The minimum Gasteiger partial charge on any atom is -0.450 e. The number of sulfonamides is 1. The van der Waals surface area contributed by atoms with Crippen molar-refractivity contribution < 1.29 is 22.7 Å². The molecule has 1 aromatic carbocycles. The first kappa shape index (κ1) is 23.8. The minimum absolute atomic E-state index is 0.0576. The zero-order valence-electron chi connectivity index (χ0n) is 19.6. The van der Waals surface area contributed by atoms with E-state index in [2.05, 4.69) is 13.8 Å². The number of nitrogens with zero attached hydrogens (tertiary/aromatic N) is 3. The summed E-state index contributed by atoms with van der Waals surface area (Å²) in [4.78, 5) is 28.6. The number of rotatable bonds is 4. The van der Waals surface area contributed by atoms with E-state index in [9.17, 15) is 18.0 Å². The lowest BCUT2D eigenvalue weighted by molar-refractivity contribution is -0.128. The van der Waals surface area contributed by atoms with Crippen LogP contribution in [0.4, 0.5) is 4.79 Å². The highest BCUT2D eigenvalue weighted by atomic mass is 32.2. The van der Waals surface area contributed by atoms with Crippen LogP contribution in [0.15, 0.2) is 28.7 Å². The average molecular weight is 476 g/mol. The first-order valence-electron chi connectivity index (χ1n) is 11.7. The van der Waals surface area contributed by atoms with Crippen molar-refractivity contribution in [1.82, 2.24) is 14.1 Å². The van der Waals surface area contributed by atoms with Crippen molar-refractivity contribution in [1.29, 1.82) is 0 Å². The number of carbonyl (C=O) groups is 2. The van der Waals surface area contributed by atoms with E-state index in [1.807, 2.05) is 12.1 Å². The zero-order chi connectivity index (χ0) is 23.8. The third kappa shape index (κ3) is 4.94. The lowest BCUT2D eigenvalue weighted by Gasteiger charge is -2.34. The number of ether oxygens (including phenoxy) is 1. The Bertz CT molecular complexity index is 1050. The molecule has 0 radical (unpaired) electrons. The van der Waals surface area contributed by atoms with Crippen molar-refractivity contribution in [3.05, 3.63) is 34.9 Å². The third-order valence-corrected chi connectivity index (χ3v) is 8.50. The summed E-state index contributed by atoms with van der Waals surface area (Å²) in [5.41, 5.74) is 2.41. The molecule has 1 aromatic rings. The molecule has 2 saturated heterocycles. The Morgan fingerprint density at radius 1 is 1.03 bits per heavy atom. The normalized spacial score (nSPS) is 23.8. The van der Waals surface area contributed by atoms with Gasteiger partial charge < -0.3 is 14.5 Å². The van der Waals surface area contributed by atoms with E-state index in [0.29, 0.717) is 69.7 Å². The second-order valence-electron chi connectivity index (χ2n) is 9.45. The molecule has 180 valence electrons. The molecule has 0 N–H and O–H groups in total. The highest BCUT2D eigenvalue weighted by molar-refractivity contribution is 7.89. The molecule has 4 rings (SSSR count). The maximum absolute atomic E-state index is 13.3. The Balaban J connectivity index is 1.45. The summed E-state index contributed by atoms with van der Waals surface area (Å²) in [6, 6.07) is 5.19. The molecule has 2 fully saturated rings. The van der Waals surface area contributed by atoms with Crippen molar-refractivity contribution in [2.24, 2.45) is 11.8 Å². The summed E-state index contributed by atoms with van der Waals surface area (Å²) in [5.74, 6) is 0.621. The summed E-state index contributed by atoms with van der Waals surface area (Å²) in [6.45, 7) is 9.17. The average Bonchev–Trinajstić information content (AvgIpc) is 3.21. The number of amides is 2. The smallest absolute Gasteiger partial charge is 0.409 e. The largest absolute Gasteiger partial charge is 0.450 e. The maximum Gasteiger partial charge on any atom is 0.409 e. The molecule has 2 aliphatic heterocycles. The fourth-order valence-electron chi connectivity index (χ4n) is 5.07. The lowest BCUT2D eigenvalue weighted by atomic mass is 9.94. The van der Waals surface area contributed by atoms with Gasteiger partial charge in [-0.05, 0) is 54.5 Å². The van der Waals surface area contributed by atoms with Crippen LogP contribution in [-0.2, 0) is 26.0 Å². The summed E-state index contributed by atoms with van der Waals surface area (Å²) in [6.07, 6.45) is 3.00. The molecule has 2 unspecified atom stereocenters. The summed E-state index contributed by atoms with van der Waals surface area (Å²) in [5, 5.41) is 0. The minimum atomic E-state index is -3.57. The van der Waals surface area contributed by atoms with Crippen LogP contribution in [0.25, 0.3) is 6.08 Å². The number of benzene rings is 1. The van der Waals surface area contributed by atoms with E-state index in [0.717, 1.165) is 17.5 Å². The quantitative estimate of drug-likeness (QED) is 0.668. The molecule has 2 heterocycles. The Kier molecular flexibility index (Phi) is 6.81. The molecule has 0 saturated carbocycles. The van der Waals surface area contributed by atoms with Gasteiger partial charge in [-0.3, -0.25) is 4.79 Å². The van der Waals surface area contributed by atoms with Gasteiger partial charge in [0.25, 0.3) is 0 Å². The van der Waals surface area contributed by atoms with Gasteiger partial charge in [0.2, 0.25) is 15.9 Å². The number of hydrogen-bond donors (Lipinski definition) is 0. The number of piperazine rings is 1. The van der Waals surface area contributed by atoms with Gasteiger partial charge in [0.1, 0.15) is 0 Å². The van der Waals surface area contributed by atoms with Crippen molar-refractivity contribution in [3.63, 3.8) is 0 Å². The van der Waals surface area contributed by atoms with Gasteiger partial charge in [-0.15, -0.1) is 0 Å². The summed E-state index contributed by atoms with van der Waals surface area (Å²) < 4.78 is 33.2. The van der Waals surface area contributed by atoms with Crippen LogP contribution in [0.2, 0.25) is 0 Å². The molecule has 33 heavy (non-hydrogen) atoms. The summed E-state index contributed by atoms with van der Waals surface area (Å²) in [7, 11) is -3.57. The second-order valence-corrected chi connectivity index (χ2v) is 11.4. The van der Waals surface area contributed by atoms with Gasteiger partial charge in [-0.25, -0.2) is 13.2 Å². The van der Waals surface area contributed by atoms with Crippen LogP contribution in [0, 0.1) is 11.8 Å². The van der Waals surface area contributed by atoms with E-state index in [-0.39, 0.29) is 16.9 Å².